The predicted octanol–water partition coefficient (Wildman–Crippen LogP) is 3.54. The molecule has 4 nitrogen and oxygen atoms in total. The molecule has 0 amide bonds. The molecule has 0 fully saturated rings. The first-order valence-electron chi connectivity index (χ1n) is 7.01. The highest BCUT2D eigenvalue weighted by Crippen LogP contribution is 2.26. The van der Waals surface area contributed by atoms with Crippen molar-refractivity contribution in [1.82, 2.24) is 4.98 Å². The van der Waals surface area contributed by atoms with Gasteiger partial charge in [-0.25, -0.2) is 0 Å². The van der Waals surface area contributed by atoms with Crippen molar-refractivity contribution < 1.29 is 14.3 Å². The minimum atomic E-state index is -0.401. The van der Waals surface area contributed by atoms with Crippen LogP contribution in [0.4, 0.5) is 0 Å². The van der Waals surface area contributed by atoms with Gasteiger partial charge in [0.1, 0.15) is 11.9 Å². The molecule has 0 spiro atoms. The fourth-order valence-corrected chi connectivity index (χ4v) is 1.98. The number of esters is 1. The Labute approximate surface area is 124 Å². The van der Waals surface area contributed by atoms with Gasteiger partial charge in [0.15, 0.2) is 6.10 Å². The molecule has 0 bridgehead atoms. The van der Waals surface area contributed by atoms with Crippen LogP contribution in [0.2, 0.25) is 0 Å². The van der Waals surface area contributed by atoms with Gasteiger partial charge in [0, 0.05) is 24.4 Å². The molecule has 0 saturated heterocycles. The number of rotatable bonds is 6. The van der Waals surface area contributed by atoms with Crippen molar-refractivity contribution in [2.75, 3.05) is 0 Å². The van der Waals surface area contributed by atoms with Crippen molar-refractivity contribution in [3.8, 4) is 5.75 Å². The van der Waals surface area contributed by atoms with E-state index in [1.807, 2.05) is 49.4 Å². The van der Waals surface area contributed by atoms with E-state index < -0.39 is 12.2 Å². The Morgan fingerprint density at radius 2 is 1.95 bits per heavy atom. The topological polar surface area (TPSA) is 48.4 Å². The summed E-state index contributed by atoms with van der Waals surface area (Å²) >= 11 is 0. The minimum absolute atomic E-state index is 0.243. The van der Waals surface area contributed by atoms with E-state index in [0.29, 0.717) is 6.42 Å². The van der Waals surface area contributed by atoms with Gasteiger partial charge in [-0.1, -0.05) is 31.2 Å². The lowest BCUT2D eigenvalue weighted by atomic mass is 10.1. The number of hydrogen-bond acceptors (Lipinski definition) is 4. The average molecular weight is 285 g/mol. The van der Waals surface area contributed by atoms with E-state index in [1.165, 1.54) is 0 Å². The molecule has 110 valence electrons. The molecule has 0 saturated carbocycles. The van der Waals surface area contributed by atoms with E-state index in [0.717, 1.165) is 11.3 Å². The lowest BCUT2D eigenvalue weighted by Gasteiger charge is -2.25. The fraction of sp³-hybridized carbons (Fsp3) is 0.294. The van der Waals surface area contributed by atoms with Crippen LogP contribution in [0.1, 0.15) is 31.9 Å². The normalized spacial score (nSPS) is 13.2. The summed E-state index contributed by atoms with van der Waals surface area (Å²) in [4.78, 5) is 15.6. The molecular weight excluding hydrogens is 266 g/mol. The third-order valence-corrected chi connectivity index (χ3v) is 3.05. The zero-order valence-electron chi connectivity index (χ0n) is 12.2. The maximum atomic E-state index is 11.5. The van der Waals surface area contributed by atoms with Crippen LogP contribution in [0.15, 0.2) is 54.9 Å². The first-order valence-corrected chi connectivity index (χ1v) is 7.01. The van der Waals surface area contributed by atoms with Gasteiger partial charge in [-0.3, -0.25) is 9.78 Å². The summed E-state index contributed by atoms with van der Waals surface area (Å²) in [5.74, 6) is 0.485. The largest absolute Gasteiger partial charge is 0.482 e. The number of carbonyl (C=O) groups excluding carboxylic acids is 1. The van der Waals surface area contributed by atoms with Crippen LogP contribution in [0.25, 0.3) is 0 Å². The SMILES string of the molecule is CCC(=O)OC(C)C(Oc1ccccc1)c1cccnc1. The van der Waals surface area contributed by atoms with Crippen molar-refractivity contribution in [1.29, 1.82) is 0 Å². The second-order valence-corrected chi connectivity index (χ2v) is 4.69. The van der Waals surface area contributed by atoms with Crippen molar-refractivity contribution in [2.24, 2.45) is 0 Å². The molecule has 2 atom stereocenters. The van der Waals surface area contributed by atoms with E-state index in [-0.39, 0.29) is 5.97 Å². The Bertz CT molecular complexity index is 557. The maximum Gasteiger partial charge on any atom is 0.305 e. The Balaban J connectivity index is 2.20. The van der Waals surface area contributed by atoms with Crippen LogP contribution >= 0.6 is 0 Å². The van der Waals surface area contributed by atoms with Crippen LogP contribution in [0.5, 0.6) is 5.75 Å². The highest BCUT2D eigenvalue weighted by Gasteiger charge is 2.24. The summed E-state index contributed by atoms with van der Waals surface area (Å²) in [6.07, 6.45) is 2.98. The summed E-state index contributed by atoms with van der Waals surface area (Å²) in [6.45, 7) is 3.60. The molecule has 0 aliphatic rings. The van der Waals surface area contributed by atoms with Crippen LogP contribution in [0, 0.1) is 0 Å². The van der Waals surface area contributed by atoms with Gasteiger partial charge in [-0.15, -0.1) is 0 Å². The lowest BCUT2D eigenvalue weighted by Crippen LogP contribution is -2.26. The molecule has 1 aromatic heterocycles. The Hall–Kier alpha value is -2.36. The monoisotopic (exact) mass is 285 g/mol. The zero-order valence-corrected chi connectivity index (χ0v) is 12.2. The third-order valence-electron chi connectivity index (χ3n) is 3.05. The van der Waals surface area contributed by atoms with E-state index in [4.69, 9.17) is 9.47 Å². The summed E-state index contributed by atoms with van der Waals surface area (Å²) in [6, 6.07) is 13.2. The first kappa shape index (κ1) is 15.0. The highest BCUT2D eigenvalue weighted by molar-refractivity contribution is 5.69. The average Bonchev–Trinajstić information content (AvgIpc) is 2.54. The van der Waals surface area contributed by atoms with Gasteiger partial charge in [-0.05, 0) is 25.1 Å². The number of aromatic nitrogens is 1. The molecule has 2 unspecified atom stereocenters. The number of benzene rings is 1. The first-order chi connectivity index (χ1) is 10.2. The molecule has 4 heteroatoms. The number of para-hydroxylation sites is 1. The second kappa shape index (κ2) is 7.43. The Morgan fingerprint density at radius 1 is 1.19 bits per heavy atom. The molecule has 2 aromatic rings. The van der Waals surface area contributed by atoms with E-state index in [2.05, 4.69) is 4.98 Å². The van der Waals surface area contributed by atoms with Crippen molar-refractivity contribution in [3.63, 3.8) is 0 Å². The summed E-state index contributed by atoms with van der Waals surface area (Å²) in [5.41, 5.74) is 0.873. The molecule has 0 N–H and O–H groups in total. The minimum Gasteiger partial charge on any atom is -0.482 e. The van der Waals surface area contributed by atoms with Gasteiger partial charge < -0.3 is 9.47 Å². The van der Waals surface area contributed by atoms with Crippen LogP contribution < -0.4 is 4.74 Å². The van der Waals surface area contributed by atoms with E-state index >= 15 is 0 Å². The molecule has 1 heterocycles. The third kappa shape index (κ3) is 4.31. The van der Waals surface area contributed by atoms with Gasteiger partial charge in [0.2, 0.25) is 0 Å². The van der Waals surface area contributed by atoms with Crippen LogP contribution in [-0.2, 0) is 9.53 Å². The number of ether oxygens (including phenoxy) is 2. The van der Waals surface area contributed by atoms with E-state index in [9.17, 15) is 4.79 Å². The number of carbonyl (C=O) groups is 1. The number of pyridine rings is 1. The molecular formula is C17H19NO3. The molecule has 2 rings (SSSR count). The maximum absolute atomic E-state index is 11.5. The van der Waals surface area contributed by atoms with Gasteiger partial charge in [0.25, 0.3) is 0 Å². The molecule has 0 radical (unpaired) electrons. The van der Waals surface area contributed by atoms with Crippen molar-refractivity contribution >= 4 is 5.97 Å². The van der Waals surface area contributed by atoms with Crippen molar-refractivity contribution in [3.05, 3.63) is 60.4 Å². The quantitative estimate of drug-likeness (QED) is 0.762. The van der Waals surface area contributed by atoms with Crippen LogP contribution in [-0.4, -0.2) is 17.1 Å². The van der Waals surface area contributed by atoms with E-state index in [1.54, 1.807) is 19.3 Å². The standard InChI is InChI=1S/C17H19NO3/c1-3-16(19)20-13(2)17(14-8-7-11-18-12-14)21-15-9-5-4-6-10-15/h4-13,17H,3H2,1-2H3. The summed E-state index contributed by atoms with van der Waals surface area (Å²) < 4.78 is 11.4. The van der Waals surface area contributed by atoms with Gasteiger partial charge >= 0.3 is 5.97 Å². The second-order valence-electron chi connectivity index (χ2n) is 4.69. The van der Waals surface area contributed by atoms with Crippen molar-refractivity contribution in [2.45, 2.75) is 32.5 Å². The highest BCUT2D eigenvalue weighted by atomic mass is 16.6. The summed E-state index contributed by atoms with van der Waals surface area (Å²) in [5, 5.41) is 0. The van der Waals surface area contributed by atoms with Gasteiger partial charge in [-0.2, -0.15) is 0 Å². The fourth-order valence-electron chi connectivity index (χ4n) is 1.98. The molecule has 21 heavy (non-hydrogen) atoms. The lowest BCUT2D eigenvalue weighted by molar-refractivity contribution is -0.152. The predicted molar refractivity (Wildman–Crippen MR) is 79.9 cm³/mol. The number of hydrogen-bond donors (Lipinski definition) is 0. The smallest absolute Gasteiger partial charge is 0.305 e. The van der Waals surface area contributed by atoms with Gasteiger partial charge in [0.05, 0.1) is 0 Å². The molecule has 0 aliphatic carbocycles. The van der Waals surface area contributed by atoms with Crippen LogP contribution in [0.3, 0.4) is 0 Å². The Morgan fingerprint density at radius 3 is 2.57 bits per heavy atom. The summed E-state index contributed by atoms with van der Waals surface area (Å²) in [7, 11) is 0. The molecule has 0 aliphatic heterocycles. The number of nitrogens with zero attached hydrogens (tertiary/aromatic N) is 1. The Kier molecular flexibility index (Phi) is 5.32. The zero-order chi connectivity index (χ0) is 15.1. The molecule has 1 aromatic carbocycles.